The van der Waals surface area contributed by atoms with Gasteiger partial charge in [-0.1, -0.05) is 24.3 Å². The number of carbonyl (C=O) groups is 1. The second-order valence-electron chi connectivity index (χ2n) is 7.63. The smallest absolute Gasteiger partial charge is 0.317 e. The molecular weight excluding hydrogens is 424 g/mol. The molecule has 1 saturated heterocycles. The largest absolute Gasteiger partial charge is 0.497 e. The van der Waals surface area contributed by atoms with Gasteiger partial charge in [-0.2, -0.15) is 0 Å². The number of hydrogen-bond acceptors (Lipinski definition) is 6. The minimum absolute atomic E-state index is 0.0185. The van der Waals surface area contributed by atoms with Gasteiger partial charge in [0.1, 0.15) is 16.5 Å². The van der Waals surface area contributed by atoms with E-state index in [1.165, 1.54) is 0 Å². The Labute approximate surface area is 192 Å². The van der Waals surface area contributed by atoms with Crippen molar-refractivity contribution in [3.8, 4) is 22.8 Å². The molecule has 0 radical (unpaired) electrons. The lowest BCUT2D eigenvalue weighted by Crippen LogP contribution is -2.51. The summed E-state index contributed by atoms with van der Waals surface area (Å²) in [5.74, 6) is 1.64. The Balaban J connectivity index is 1.24. The molecule has 7 nitrogen and oxygen atoms in total. The van der Waals surface area contributed by atoms with Crippen LogP contribution in [0.5, 0.6) is 11.5 Å². The van der Waals surface area contributed by atoms with E-state index < -0.39 is 0 Å². The van der Waals surface area contributed by atoms with Crippen LogP contribution >= 0.6 is 11.3 Å². The summed E-state index contributed by atoms with van der Waals surface area (Å²) in [4.78, 5) is 21.5. The molecule has 0 atom stereocenters. The lowest BCUT2D eigenvalue weighted by molar-refractivity contribution is 0.135. The fraction of sp³-hybridized carbons (Fsp3) is 0.333. The first-order valence-corrected chi connectivity index (χ1v) is 11.5. The summed E-state index contributed by atoms with van der Waals surface area (Å²) in [7, 11) is 3.31. The predicted octanol–water partition coefficient (Wildman–Crippen LogP) is 3.85. The Morgan fingerprint density at radius 1 is 1.03 bits per heavy atom. The van der Waals surface area contributed by atoms with Gasteiger partial charge in [0.05, 0.1) is 26.5 Å². The van der Waals surface area contributed by atoms with Crippen LogP contribution in [0.25, 0.3) is 11.3 Å². The van der Waals surface area contributed by atoms with Crippen molar-refractivity contribution in [2.45, 2.75) is 13.1 Å². The lowest BCUT2D eigenvalue weighted by atomic mass is 10.2. The van der Waals surface area contributed by atoms with Crippen molar-refractivity contribution >= 4 is 17.4 Å². The molecule has 1 aliphatic rings. The van der Waals surface area contributed by atoms with Crippen molar-refractivity contribution in [3.05, 3.63) is 64.5 Å². The molecule has 1 fully saturated rings. The summed E-state index contributed by atoms with van der Waals surface area (Å²) >= 11 is 1.67. The van der Waals surface area contributed by atoms with Gasteiger partial charge >= 0.3 is 6.03 Å². The van der Waals surface area contributed by atoms with Crippen LogP contribution in [0.1, 0.15) is 10.6 Å². The first-order valence-electron chi connectivity index (χ1n) is 10.6. The number of nitrogens with one attached hydrogen (secondary N) is 1. The minimum Gasteiger partial charge on any atom is -0.497 e. The normalized spacial score (nSPS) is 14.2. The summed E-state index contributed by atoms with van der Waals surface area (Å²) in [6, 6.07) is 15.7. The van der Waals surface area contributed by atoms with E-state index in [0.29, 0.717) is 19.6 Å². The van der Waals surface area contributed by atoms with Gasteiger partial charge in [0.15, 0.2) is 0 Å². The molecule has 0 saturated carbocycles. The molecule has 8 heteroatoms. The third kappa shape index (κ3) is 5.57. The number of rotatable bonds is 7. The molecule has 0 bridgehead atoms. The predicted molar refractivity (Wildman–Crippen MR) is 126 cm³/mol. The molecule has 2 aromatic carbocycles. The van der Waals surface area contributed by atoms with Crippen LogP contribution in [0.15, 0.2) is 53.9 Å². The van der Waals surface area contributed by atoms with E-state index in [2.05, 4.69) is 15.6 Å². The number of urea groups is 1. The van der Waals surface area contributed by atoms with E-state index in [4.69, 9.17) is 14.5 Å². The van der Waals surface area contributed by atoms with Crippen LogP contribution in [0.4, 0.5) is 4.79 Å². The Morgan fingerprint density at radius 2 is 1.78 bits per heavy atom. The average molecular weight is 453 g/mol. The second kappa shape index (κ2) is 10.5. The maximum atomic E-state index is 12.5. The van der Waals surface area contributed by atoms with E-state index in [1.807, 2.05) is 53.4 Å². The third-order valence-corrected chi connectivity index (χ3v) is 6.37. The molecular formula is C24H28N4O3S. The molecule has 4 rings (SSSR count). The molecule has 1 aromatic heterocycles. The van der Waals surface area contributed by atoms with Crippen LogP contribution < -0.4 is 14.8 Å². The quantitative estimate of drug-likeness (QED) is 0.590. The highest BCUT2D eigenvalue weighted by atomic mass is 32.1. The standard InChI is InChI=1S/C24H28N4O3S/c1-30-20-8-6-18(7-9-20)15-25-24(29)28-12-10-27(11-13-28)16-23-26-22(17-32-23)19-4-3-5-21(14-19)31-2/h3-9,14,17H,10-13,15-16H2,1-2H3,(H,25,29). The maximum absolute atomic E-state index is 12.5. The topological polar surface area (TPSA) is 66.9 Å². The van der Waals surface area contributed by atoms with Gasteiger partial charge in [-0.25, -0.2) is 9.78 Å². The zero-order valence-electron chi connectivity index (χ0n) is 18.4. The molecule has 2 amide bonds. The number of ether oxygens (including phenoxy) is 2. The van der Waals surface area contributed by atoms with Crippen LogP contribution in [-0.4, -0.2) is 61.2 Å². The zero-order valence-corrected chi connectivity index (χ0v) is 19.2. The van der Waals surface area contributed by atoms with Crippen molar-refractivity contribution in [1.29, 1.82) is 0 Å². The molecule has 0 unspecified atom stereocenters. The molecule has 3 aromatic rings. The van der Waals surface area contributed by atoms with Gasteiger partial charge < -0.3 is 19.7 Å². The number of nitrogens with zero attached hydrogens (tertiary/aromatic N) is 3. The summed E-state index contributed by atoms with van der Waals surface area (Å²) in [5, 5.41) is 6.18. The highest BCUT2D eigenvalue weighted by molar-refractivity contribution is 7.09. The Bertz CT molecular complexity index is 1030. The number of piperazine rings is 1. The molecule has 0 aliphatic carbocycles. The molecule has 1 N–H and O–H groups in total. The van der Waals surface area contributed by atoms with E-state index in [0.717, 1.165) is 53.0 Å². The highest BCUT2D eigenvalue weighted by Gasteiger charge is 2.21. The lowest BCUT2D eigenvalue weighted by Gasteiger charge is -2.34. The number of amides is 2. The van der Waals surface area contributed by atoms with Crippen LogP contribution in [0.3, 0.4) is 0 Å². The average Bonchev–Trinajstić information content (AvgIpc) is 3.32. The number of methoxy groups -OCH3 is 2. The van der Waals surface area contributed by atoms with Gasteiger partial charge in [-0.15, -0.1) is 11.3 Å². The number of thiazole rings is 1. The number of hydrogen-bond donors (Lipinski definition) is 1. The fourth-order valence-corrected chi connectivity index (χ4v) is 4.48. The van der Waals surface area contributed by atoms with Gasteiger partial charge in [-0.3, -0.25) is 4.90 Å². The highest BCUT2D eigenvalue weighted by Crippen LogP contribution is 2.26. The number of carbonyl (C=O) groups excluding carboxylic acids is 1. The molecule has 168 valence electrons. The van der Waals surface area contributed by atoms with E-state index in [1.54, 1.807) is 25.6 Å². The third-order valence-electron chi connectivity index (χ3n) is 5.54. The van der Waals surface area contributed by atoms with E-state index in [9.17, 15) is 4.79 Å². The van der Waals surface area contributed by atoms with Crippen LogP contribution in [0, 0.1) is 0 Å². The maximum Gasteiger partial charge on any atom is 0.317 e. The summed E-state index contributed by atoms with van der Waals surface area (Å²) in [6.07, 6.45) is 0. The van der Waals surface area contributed by atoms with Gasteiger partial charge in [0, 0.05) is 43.7 Å². The Kier molecular flexibility index (Phi) is 7.24. The Morgan fingerprint density at radius 3 is 2.50 bits per heavy atom. The monoisotopic (exact) mass is 452 g/mol. The van der Waals surface area contributed by atoms with Gasteiger partial charge in [0.2, 0.25) is 0 Å². The van der Waals surface area contributed by atoms with Crippen molar-refractivity contribution in [1.82, 2.24) is 20.1 Å². The van der Waals surface area contributed by atoms with E-state index >= 15 is 0 Å². The SMILES string of the molecule is COc1ccc(CNC(=O)N2CCN(Cc3nc(-c4cccc(OC)c4)cs3)CC2)cc1. The van der Waals surface area contributed by atoms with Crippen molar-refractivity contribution < 1.29 is 14.3 Å². The zero-order chi connectivity index (χ0) is 22.3. The summed E-state index contributed by atoms with van der Waals surface area (Å²) < 4.78 is 10.5. The Hall–Kier alpha value is -3.10. The first kappa shape index (κ1) is 22.1. The summed E-state index contributed by atoms with van der Waals surface area (Å²) in [5.41, 5.74) is 3.08. The fourth-order valence-electron chi connectivity index (χ4n) is 3.63. The number of benzene rings is 2. The van der Waals surface area contributed by atoms with Crippen LogP contribution in [0.2, 0.25) is 0 Å². The minimum atomic E-state index is -0.0185. The molecule has 1 aliphatic heterocycles. The molecule has 2 heterocycles. The second-order valence-corrected chi connectivity index (χ2v) is 8.57. The van der Waals surface area contributed by atoms with Gasteiger partial charge in [0.25, 0.3) is 0 Å². The van der Waals surface area contributed by atoms with Crippen molar-refractivity contribution in [2.75, 3.05) is 40.4 Å². The van der Waals surface area contributed by atoms with Crippen molar-refractivity contribution in [2.24, 2.45) is 0 Å². The van der Waals surface area contributed by atoms with Crippen LogP contribution in [-0.2, 0) is 13.1 Å². The first-order chi connectivity index (χ1) is 15.6. The van der Waals surface area contributed by atoms with E-state index in [-0.39, 0.29) is 6.03 Å². The summed E-state index contributed by atoms with van der Waals surface area (Å²) in [6.45, 7) is 4.41. The molecule has 32 heavy (non-hydrogen) atoms. The van der Waals surface area contributed by atoms with Crippen molar-refractivity contribution in [3.63, 3.8) is 0 Å². The number of aromatic nitrogens is 1. The molecule has 0 spiro atoms. The van der Waals surface area contributed by atoms with Gasteiger partial charge in [-0.05, 0) is 29.8 Å².